The van der Waals surface area contributed by atoms with Gasteiger partial charge in [0.25, 0.3) is 0 Å². The van der Waals surface area contributed by atoms with Gasteiger partial charge >= 0.3 is 4.87 Å². The van der Waals surface area contributed by atoms with Gasteiger partial charge in [-0.3, -0.25) is 4.79 Å². The Balaban J connectivity index is 1.81. The van der Waals surface area contributed by atoms with Crippen LogP contribution in [0.4, 0.5) is 11.5 Å². The molecule has 6 nitrogen and oxygen atoms in total. The average Bonchev–Trinajstić information content (AvgIpc) is 3.06. The summed E-state index contributed by atoms with van der Waals surface area (Å²) in [5.74, 6) is 0.769. The second kappa shape index (κ2) is 5.20. The highest BCUT2D eigenvalue weighted by molar-refractivity contribution is 7.16. The van der Waals surface area contributed by atoms with Crippen LogP contribution in [0.3, 0.4) is 0 Å². The SMILES string of the molecule is CCc1[nH]c2ncnc(Nc3ccc4[nH]c(=O)sc4c3)c2c1C. The molecule has 0 spiro atoms. The van der Waals surface area contributed by atoms with E-state index in [1.165, 1.54) is 17.0 Å². The van der Waals surface area contributed by atoms with E-state index in [1.54, 1.807) is 6.33 Å². The number of anilines is 2. The first-order valence-electron chi connectivity index (χ1n) is 7.37. The number of benzene rings is 1. The maximum atomic E-state index is 11.4. The minimum absolute atomic E-state index is 0.0457. The standard InChI is InChI=1S/C16H15N5OS/c1-3-10-8(2)13-14(17-7-18-15(13)20-10)19-9-4-5-11-12(6-9)23-16(22)21-11/h4-7H,3H2,1-2H3,(H,21,22)(H2,17,18,19,20). The smallest absolute Gasteiger partial charge is 0.305 e. The average molecular weight is 325 g/mol. The molecule has 0 saturated carbocycles. The Morgan fingerprint density at radius 3 is 2.96 bits per heavy atom. The largest absolute Gasteiger partial charge is 0.343 e. The van der Waals surface area contributed by atoms with Gasteiger partial charge in [-0.1, -0.05) is 18.3 Å². The summed E-state index contributed by atoms with van der Waals surface area (Å²) >= 11 is 1.20. The van der Waals surface area contributed by atoms with E-state index in [1.807, 2.05) is 18.2 Å². The van der Waals surface area contributed by atoms with Crippen molar-refractivity contribution in [1.29, 1.82) is 0 Å². The minimum Gasteiger partial charge on any atom is -0.343 e. The molecule has 0 atom stereocenters. The lowest BCUT2D eigenvalue weighted by atomic mass is 10.1. The lowest BCUT2D eigenvalue weighted by Crippen LogP contribution is -1.95. The number of fused-ring (bicyclic) bond motifs is 2. The zero-order valence-electron chi connectivity index (χ0n) is 12.7. The van der Waals surface area contributed by atoms with Gasteiger partial charge in [0, 0.05) is 11.4 Å². The molecule has 0 unspecified atom stereocenters. The van der Waals surface area contributed by atoms with Gasteiger partial charge in [-0.2, -0.15) is 0 Å². The first-order valence-corrected chi connectivity index (χ1v) is 8.19. The molecular formula is C16H15N5OS. The number of hydrogen-bond donors (Lipinski definition) is 3. The first-order chi connectivity index (χ1) is 11.2. The van der Waals surface area contributed by atoms with Crippen LogP contribution in [0.1, 0.15) is 18.2 Å². The molecule has 0 amide bonds. The van der Waals surface area contributed by atoms with E-state index < -0.39 is 0 Å². The molecule has 3 N–H and O–H groups in total. The molecule has 0 saturated heterocycles. The Morgan fingerprint density at radius 2 is 2.13 bits per heavy atom. The normalized spacial score (nSPS) is 11.4. The van der Waals surface area contributed by atoms with E-state index in [9.17, 15) is 4.79 Å². The van der Waals surface area contributed by atoms with E-state index in [0.717, 1.165) is 44.7 Å². The Hall–Kier alpha value is -2.67. The Labute approximate surface area is 135 Å². The number of aromatic amines is 2. The number of rotatable bonds is 3. The molecule has 0 radical (unpaired) electrons. The number of nitrogens with one attached hydrogen (secondary N) is 3. The van der Waals surface area contributed by atoms with Crippen molar-refractivity contribution in [2.75, 3.05) is 5.32 Å². The number of aryl methyl sites for hydroxylation is 2. The van der Waals surface area contributed by atoms with Crippen molar-refractivity contribution in [3.63, 3.8) is 0 Å². The number of aromatic nitrogens is 4. The first kappa shape index (κ1) is 14.0. The highest BCUT2D eigenvalue weighted by Crippen LogP contribution is 2.29. The fraction of sp³-hybridized carbons (Fsp3) is 0.188. The molecular weight excluding hydrogens is 310 g/mol. The summed E-state index contributed by atoms with van der Waals surface area (Å²) in [6.07, 6.45) is 2.47. The van der Waals surface area contributed by atoms with E-state index >= 15 is 0 Å². The van der Waals surface area contributed by atoms with Gasteiger partial charge in [-0.15, -0.1) is 0 Å². The van der Waals surface area contributed by atoms with Crippen LogP contribution in [0.5, 0.6) is 0 Å². The summed E-state index contributed by atoms with van der Waals surface area (Å²) in [4.78, 5) is 26.2. The van der Waals surface area contributed by atoms with Crippen molar-refractivity contribution < 1.29 is 0 Å². The summed E-state index contributed by atoms with van der Waals surface area (Å²) in [7, 11) is 0. The van der Waals surface area contributed by atoms with Crippen LogP contribution < -0.4 is 10.2 Å². The number of H-pyrrole nitrogens is 2. The van der Waals surface area contributed by atoms with Crippen LogP contribution in [-0.2, 0) is 6.42 Å². The van der Waals surface area contributed by atoms with Gasteiger partial charge < -0.3 is 15.3 Å². The second-order valence-electron chi connectivity index (χ2n) is 5.38. The van der Waals surface area contributed by atoms with Crippen LogP contribution >= 0.6 is 11.3 Å². The van der Waals surface area contributed by atoms with Crippen LogP contribution in [-0.4, -0.2) is 19.9 Å². The van der Waals surface area contributed by atoms with Gasteiger partial charge in [0.1, 0.15) is 17.8 Å². The molecule has 116 valence electrons. The summed E-state index contributed by atoms with van der Waals surface area (Å²) in [5.41, 5.74) is 4.92. The van der Waals surface area contributed by atoms with Crippen LogP contribution in [0.25, 0.3) is 21.3 Å². The van der Waals surface area contributed by atoms with Crippen molar-refractivity contribution in [2.45, 2.75) is 20.3 Å². The van der Waals surface area contributed by atoms with Gasteiger partial charge in [0.15, 0.2) is 0 Å². The third kappa shape index (κ3) is 2.29. The van der Waals surface area contributed by atoms with Gasteiger partial charge in [-0.25, -0.2) is 9.97 Å². The lowest BCUT2D eigenvalue weighted by Gasteiger charge is -2.07. The predicted octanol–water partition coefficient (Wildman–Crippen LogP) is 3.48. The zero-order chi connectivity index (χ0) is 16.0. The summed E-state index contributed by atoms with van der Waals surface area (Å²) in [6, 6.07) is 5.78. The molecule has 0 aliphatic rings. The molecule has 7 heteroatoms. The van der Waals surface area contributed by atoms with Crippen LogP contribution in [0, 0.1) is 6.92 Å². The van der Waals surface area contributed by atoms with Crippen molar-refractivity contribution in [1.82, 2.24) is 19.9 Å². The molecule has 1 aromatic carbocycles. The number of hydrogen-bond acceptors (Lipinski definition) is 5. The van der Waals surface area contributed by atoms with E-state index in [0.29, 0.717) is 0 Å². The van der Waals surface area contributed by atoms with Crippen molar-refractivity contribution >= 4 is 44.1 Å². The fourth-order valence-electron chi connectivity index (χ4n) is 2.83. The van der Waals surface area contributed by atoms with Gasteiger partial charge in [0.2, 0.25) is 0 Å². The van der Waals surface area contributed by atoms with Crippen LogP contribution in [0.2, 0.25) is 0 Å². The zero-order valence-corrected chi connectivity index (χ0v) is 13.5. The second-order valence-corrected chi connectivity index (χ2v) is 6.39. The fourth-order valence-corrected chi connectivity index (χ4v) is 3.61. The quantitative estimate of drug-likeness (QED) is 0.538. The minimum atomic E-state index is -0.0457. The Bertz CT molecular complexity index is 1080. The van der Waals surface area contributed by atoms with E-state index in [2.05, 4.69) is 39.1 Å². The summed E-state index contributed by atoms with van der Waals surface area (Å²) in [5, 5.41) is 4.35. The van der Waals surface area contributed by atoms with E-state index in [4.69, 9.17) is 0 Å². The van der Waals surface area contributed by atoms with Gasteiger partial charge in [-0.05, 0) is 37.1 Å². The van der Waals surface area contributed by atoms with Gasteiger partial charge in [0.05, 0.1) is 15.6 Å². The number of thiazole rings is 1. The molecule has 4 rings (SSSR count). The topological polar surface area (TPSA) is 86.5 Å². The monoisotopic (exact) mass is 325 g/mol. The highest BCUT2D eigenvalue weighted by atomic mass is 32.1. The molecule has 0 bridgehead atoms. The molecule has 0 aliphatic carbocycles. The van der Waals surface area contributed by atoms with Crippen molar-refractivity contribution in [3.05, 3.63) is 45.5 Å². The molecule has 3 heterocycles. The maximum absolute atomic E-state index is 11.4. The lowest BCUT2D eigenvalue weighted by molar-refractivity contribution is 1.05. The molecule has 4 aromatic rings. The third-order valence-corrected chi connectivity index (χ3v) is 4.83. The number of nitrogens with zero attached hydrogens (tertiary/aromatic N) is 2. The summed E-state index contributed by atoms with van der Waals surface area (Å²) < 4.78 is 0.922. The summed E-state index contributed by atoms with van der Waals surface area (Å²) in [6.45, 7) is 4.19. The maximum Gasteiger partial charge on any atom is 0.305 e. The molecule has 0 aliphatic heterocycles. The van der Waals surface area contributed by atoms with Crippen LogP contribution in [0.15, 0.2) is 29.3 Å². The highest BCUT2D eigenvalue weighted by Gasteiger charge is 2.13. The van der Waals surface area contributed by atoms with Crippen molar-refractivity contribution in [2.24, 2.45) is 0 Å². The third-order valence-electron chi connectivity index (χ3n) is 3.98. The molecule has 0 fully saturated rings. The Morgan fingerprint density at radius 1 is 1.26 bits per heavy atom. The predicted molar refractivity (Wildman–Crippen MR) is 93.7 cm³/mol. The molecule has 23 heavy (non-hydrogen) atoms. The Kier molecular flexibility index (Phi) is 3.16. The molecule has 3 aromatic heterocycles. The van der Waals surface area contributed by atoms with E-state index in [-0.39, 0.29) is 4.87 Å². The van der Waals surface area contributed by atoms with Crippen molar-refractivity contribution in [3.8, 4) is 0 Å².